The number of carbonyl (C=O) groups is 1. The fraction of sp³-hybridized carbons (Fsp3) is 0.278. The second-order valence-corrected chi connectivity index (χ2v) is 6.70. The number of Topliss-reactive ketones (excluding diaryl/α,β-unsaturated/α-hetero) is 1. The van der Waals surface area contributed by atoms with Crippen LogP contribution in [-0.2, 0) is 0 Å². The highest BCUT2D eigenvalue weighted by atomic mass is 31.2. The van der Waals surface area contributed by atoms with Gasteiger partial charge in [0, 0.05) is 18.4 Å². The van der Waals surface area contributed by atoms with Gasteiger partial charge in [0.1, 0.15) is 5.75 Å². The molecule has 0 saturated carbocycles. The molecule has 0 fully saturated rings. The van der Waals surface area contributed by atoms with Crippen molar-refractivity contribution in [2.75, 3.05) is 13.1 Å². The first kappa shape index (κ1) is 16.7. The highest BCUT2D eigenvalue weighted by molar-refractivity contribution is 7.58. The highest BCUT2D eigenvalue weighted by Crippen LogP contribution is 2.42. The SMILES string of the molecule is CCN(CC)P(Oc1ccccc1C(C)=O)c1ccccc1. The Morgan fingerprint density at radius 2 is 1.59 bits per heavy atom. The lowest BCUT2D eigenvalue weighted by Crippen LogP contribution is -2.25. The van der Waals surface area contributed by atoms with E-state index in [1.54, 1.807) is 6.92 Å². The average molecular weight is 315 g/mol. The summed E-state index contributed by atoms with van der Waals surface area (Å²) in [5.41, 5.74) is 0.637. The number of rotatable bonds is 7. The minimum absolute atomic E-state index is 0.0261. The van der Waals surface area contributed by atoms with Crippen LogP contribution in [0.25, 0.3) is 0 Å². The molecule has 2 aromatic rings. The summed E-state index contributed by atoms with van der Waals surface area (Å²) in [6.45, 7) is 7.63. The maximum atomic E-state index is 11.8. The summed E-state index contributed by atoms with van der Waals surface area (Å²) < 4.78 is 8.60. The lowest BCUT2D eigenvalue weighted by molar-refractivity contribution is 0.101. The number of hydrogen-bond acceptors (Lipinski definition) is 3. The minimum atomic E-state index is -0.956. The van der Waals surface area contributed by atoms with E-state index in [0.717, 1.165) is 18.4 Å². The number of para-hydroxylation sites is 1. The zero-order chi connectivity index (χ0) is 15.9. The molecule has 116 valence electrons. The molecule has 0 aromatic heterocycles. The lowest BCUT2D eigenvalue weighted by Gasteiger charge is -2.29. The van der Waals surface area contributed by atoms with Gasteiger partial charge in [-0.25, -0.2) is 4.67 Å². The van der Waals surface area contributed by atoms with E-state index in [1.165, 1.54) is 0 Å². The molecule has 0 radical (unpaired) electrons. The van der Waals surface area contributed by atoms with E-state index in [9.17, 15) is 4.79 Å². The fourth-order valence-electron chi connectivity index (χ4n) is 2.24. The molecule has 0 aliphatic carbocycles. The van der Waals surface area contributed by atoms with E-state index in [1.807, 2.05) is 42.5 Å². The lowest BCUT2D eigenvalue weighted by atomic mass is 10.1. The number of hydrogen-bond donors (Lipinski definition) is 0. The third-order valence-electron chi connectivity index (χ3n) is 3.42. The van der Waals surface area contributed by atoms with Crippen LogP contribution >= 0.6 is 8.30 Å². The van der Waals surface area contributed by atoms with Gasteiger partial charge in [0.05, 0.1) is 5.56 Å². The summed E-state index contributed by atoms with van der Waals surface area (Å²) in [7, 11) is -0.956. The first-order chi connectivity index (χ1) is 10.7. The van der Waals surface area contributed by atoms with Crippen LogP contribution in [0.5, 0.6) is 5.75 Å². The fourth-order valence-corrected chi connectivity index (χ4v) is 4.07. The molecule has 0 spiro atoms. The quantitative estimate of drug-likeness (QED) is 0.565. The standard InChI is InChI=1S/C18H22NO2P/c1-4-19(5-2)22(16-11-7-6-8-12-16)21-18-14-10-9-13-17(18)15(3)20/h6-14H,4-5H2,1-3H3. The van der Waals surface area contributed by atoms with Crippen molar-refractivity contribution < 1.29 is 9.32 Å². The van der Waals surface area contributed by atoms with E-state index in [2.05, 4.69) is 30.7 Å². The first-order valence-electron chi connectivity index (χ1n) is 7.55. The molecule has 0 heterocycles. The van der Waals surface area contributed by atoms with Crippen LogP contribution in [0.3, 0.4) is 0 Å². The van der Waals surface area contributed by atoms with Gasteiger partial charge in [-0.3, -0.25) is 4.79 Å². The van der Waals surface area contributed by atoms with Crippen molar-refractivity contribution in [2.24, 2.45) is 0 Å². The van der Waals surface area contributed by atoms with Crippen LogP contribution in [0.4, 0.5) is 0 Å². The van der Waals surface area contributed by atoms with Crippen LogP contribution in [0, 0.1) is 0 Å². The van der Waals surface area contributed by atoms with Crippen LogP contribution in [0.2, 0.25) is 0 Å². The smallest absolute Gasteiger partial charge is 0.196 e. The Kier molecular flexibility index (Phi) is 6.11. The molecule has 22 heavy (non-hydrogen) atoms. The van der Waals surface area contributed by atoms with Gasteiger partial charge < -0.3 is 4.52 Å². The highest BCUT2D eigenvalue weighted by Gasteiger charge is 2.22. The second kappa shape index (κ2) is 8.07. The topological polar surface area (TPSA) is 29.5 Å². The van der Waals surface area contributed by atoms with Crippen LogP contribution in [0.15, 0.2) is 54.6 Å². The summed E-state index contributed by atoms with van der Waals surface area (Å²) in [6.07, 6.45) is 0. The van der Waals surface area contributed by atoms with Crippen LogP contribution < -0.4 is 9.83 Å². The number of nitrogens with zero attached hydrogens (tertiary/aromatic N) is 1. The van der Waals surface area contributed by atoms with Gasteiger partial charge in [0.15, 0.2) is 14.1 Å². The molecular weight excluding hydrogens is 293 g/mol. The summed E-state index contributed by atoms with van der Waals surface area (Å²) in [5, 5.41) is 1.15. The Bertz CT molecular complexity index is 611. The third kappa shape index (κ3) is 3.94. The summed E-state index contributed by atoms with van der Waals surface area (Å²) in [6, 6.07) is 17.7. The van der Waals surface area contributed by atoms with E-state index in [-0.39, 0.29) is 5.78 Å². The van der Waals surface area contributed by atoms with E-state index < -0.39 is 8.30 Å². The van der Waals surface area contributed by atoms with Gasteiger partial charge in [-0.15, -0.1) is 0 Å². The number of benzene rings is 2. The molecule has 2 rings (SSSR count). The van der Waals surface area contributed by atoms with E-state index >= 15 is 0 Å². The third-order valence-corrected chi connectivity index (χ3v) is 5.60. The summed E-state index contributed by atoms with van der Waals surface area (Å²) in [4.78, 5) is 11.8. The van der Waals surface area contributed by atoms with Crippen molar-refractivity contribution in [1.82, 2.24) is 4.67 Å². The molecule has 1 atom stereocenters. The van der Waals surface area contributed by atoms with Crippen molar-refractivity contribution in [2.45, 2.75) is 20.8 Å². The minimum Gasteiger partial charge on any atom is -0.453 e. The molecule has 0 N–H and O–H groups in total. The number of ketones is 1. The predicted molar refractivity (Wildman–Crippen MR) is 93.0 cm³/mol. The second-order valence-electron chi connectivity index (χ2n) is 4.89. The normalized spacial score (nSPS) is 12.2. The molecule has 1 unspecified atom stereocenters. The molecule has 2 aromatic carbocycles. The Morgan fingerprint density at radius 1 is 1.00 bits per heavy atom. The Balaban J connectivity index is 2.37. The predicted octanol–water partition coefficient (Wildman–Crippen LogP) is 4.25. The van der Waals surface area contributed by atoms with Crippen molar-refractivity contribution in [3.63, 3.8) is 0 Å². The van der Waals surface area contributed by atoms with Gasteiger partial charge in [-0.1, -0.05) is 44.2 Å². The molecule has 0 aliphatic rings. The Labute approximate surface area is 133 Å². The monoisotopic (exact) mass is 315 g/mol. The molecule has 0 bridgehead atoms. The molecule has 0 aliphatic heterocycles. The van der Waals surface area contributed by atoms with Crippen LogP contribution in [-0.4, -0.2) is 23.5 Å². The van der Waals surface area contributed by atoms with Crippen LogP contribution in [0.1, 0.15) is 31.1 Å². The molecule has 0 amide bonds. The van der Waals surface area contributed by atoms with Gasteiger partial charge in [-0.2, -0.15) is 0 Å². The zero-order valence-electron chi connectivity index (χ0n) is 13.3. The first-order valence-corrected chi connectivity index (χ1v) is 8.76. The zero-order valence-corrected chi connectivity index (χ0v) is 14.2. The van der Waals surface area contributed by atoms with Gasteiger partial charge in [0.2, 0.25) is 0 Å². The largest absolute Gasteiger partial charge is 0.453 e. The van der Waals surface area contributed by atoms with Crippen molar-refractivity contribution >= 4 is 19.4 Å². The van der Waals surface area contributed by atoms with Gasteiger partial charge >= 0.3 is 0 Å². The van der Waals surface area contributed by atoms with Crippen molar-refractivity contribution in [3.05, 3.63) is 60.2 Å². The van der Waals surface area contributed by atoms with Gasteiger partial charge in [-0.05, 0) is 31.2 Å². The summed E-state index contributed by atoms with van der Waals surface area (Å²) >= 11 is 0. The Hall–Kier alpha value is -1.70. The van der Waals surface area contributed by atoms with Crippen molar-refractivity contribution in [3.8, 4) is 5.75 Å². The maximum absolute atomic E-state index is 11.8. The molecule has 3 nitrogen and oxygen atoms in total. The van der Waals surface area contributed by atoms with Gasteiger partial charge in [0.25, 0.3) is 0 Å². The summed E-state index contributed by atoms with van der Waals surface area (Å²) in [5.74, 6) is 0.690. The van der Waals surface area contributed by atoms with Crippen molar-refractivity contribution in [1.29, 1.82) is 0 Å². The molecule has 0 saturated heterocycles. The molecule has 4 heteroatoms. The van der Waals surface area contributed by atoms with E-state index in [0.29, 0.717) is 11.3 Å². The maximum Gasteiger partial charge on any atom is 0.196 e. The molecular formula is C18H22NO2P. The average Bonchev–Trinajstić information content (AvgIpc) is 2.56. The van der Waals surface area contributed by atoms with E-state index in [4.69, 9.17) is 4.52 Å². The number of carbonyl (C=O) groups excluding carboxylic acids is 1. The Morgan fingerprint density at radius 3 is 2.18 bits per heavy atom.